The van der Waals surface area contributed by atoms with Gasteiger partial charge in [0.25, 0.3) is 5.91 Å². The van der Waals surface area contributed by atoms with E-state index in [0.717, 1.165) is 78.9 Å². The molecule has 3 unspecified atom stereocenters. The van der Waals surface area contributed by atoms with Gasteiger partial charge in [-0.1, -0.05) is 77.1 Å². The third-order valence-electron chi connectivity index (χ3n) is 11.3. The van der Waals surface area contributed by atoms with Crippen molar-refractivity contribution in [2.45, 2.75) is 117 Å². The molecule has 1 aromatic heterocycles. The zero-order chi connectivity index (χ0) is 47.8. The molecule has 18 heteroatoms. The first-order valence-corrected chi connectivity index (χ1v) is 24.4. The zero-order valence-corrected chi connectivity index (χ0v) is 40.9. The summed E-state index contributed by atoms with van der Waals surface area (Å²) < 4.78 is 43.6. The number of thiazole rings is 1. The number of hydroxylamine groups is 1. The molecule has 1 fully saturated rings. The van der Waals surface area contributed by atoms with E-state index in [9.17, 15) is 37.5 Å². The first-order valence-electron chi connectivity index (χ1n) is 22.4. The van der Waals surface area contributed by atoms with Crippen LogP contribution in [0.5, 0.6) is 0 Å². The fourth-order valence-electron chi connectivity index (χ4n) is 7.59. The van der Waals surface area contributed by atoms with Gasteiger partial charge in [0.05, 0.1) is 45.7 Å². The number of aliphatic hydroxyl groups is 1. The highest BCUT2D eigenvalue weighted by Crippen LogP contribution is 2.30. The van der Waals surface area contributed by atoms with Crippen LogP contribution in [0.2, 0.25) is 0 Å². The second kappa shape index (κ2) is 25.5. The molecule has 0 radical (unpaired) electrons. The lowest BCUT2D eigenvalue weighted by Gasteiger charge is -2.35. The van der Waals surface area contributed by atoms with Crippen molar-refractivity contribution in [3.63, 3.8) is 0 Å². The Labute approximate surface area is 402 Å². The molecule has 1 aliphatic heterocycles. The molecular formula is C48H61F3IN7O6S. The lowest BCUT2D eigenvalue weighted by Crippen LogP contribution is -2.57. The van der Waals surface area contributed by atoms with Gasteiger partial charge >= 0.3 is 0 Å². The van der Waals surface area contributed by atoms with Crippen LogP contribution in [0, 0.1) is 33.4 Å². The van der Waals surface area contributed by atoms with Crippen LogP contribution in [0.1, 0.15) is 107 Å². The van der Waals surface area contributed by atoms with Gasteiger partial charge in [-0.05, 0) is 109 Å². The highest BCUT2D eigenvalue weighted by atomic mass is 127. The summed E-state index contributed by atoms with van der Waals surface area (Å²) in [6.45, 7) is 9.50. The molecule has 3 atom stereocenters. The number of anilines is 2. The second-order valence-electron chi connectivity index (χ2n) is 17.6. The number of halogens is 4. The molecule has 3 aromatic carbocycles. The number of nitrogens with one attached hydrogen (secondary N) is 5. The monoisotopic (exact) mass is 1050 g/mol. The van der Waals surface area contributed by atoms with E-state index in [-0.39, 0.29) is 61.5 Å². The van der Waals surface area contributed by atoms with Crippen molar-refractivity contribution in [2.75, 3.05) is 31.6 Å². The average Bonchev–Trinajstić information content (AvgIpc) is 3.90. The number of nitrogens with zero attached hydrogens (tertiary/aromatic N) is 2. The minimum Gasteiger partial charge on any atom is -0.391 e. The maximum atomic E-state index is 14.7. The Morgan fingerprint density at radius 2 is 1.62 bits per heavy atom. The molecule has 5 rings (SSSR count). The lowest BCUT2D eigenvalue weighted by atomic mass is 9.85. The van der Waals surface area contributed by atoms with E-state index < -0.39 is 52.6 Å². The number of hydrogen-bond donors (Lipinski definition) is 6. The quantitative estimate of drug-likeness (QED) is 0.0229. The average molecular weight is 1050 g/mol. The molecule has 2 heterocycles. The predicted octanol–water partition coefficient (Wildman–Crippen LogP) is 8.46. The molecule has 4 amide bonds. The van der Waals surface area contributed by atoms with Gasteiger partial charge in [-0.15, -0.1) is 11.3 Å². The number of β-amino-alcohol motifs (C(OH)–C–C–N with tert-alkyl or cyclic N) is 1. The van der Waals surface area contributed by atoms with E-state index in [1.165, 1.54) is 17.0 Å². The number of hydrogen-bond acceptors (Lipinski definition) is 10. The molecular weight excluding hydrogens is 987 g/mol. The maximum Gasteiger partial charge on any atom is 0.277 e. The van der Waals surface area contributed by atoms with Crippen LogP contribution in [0.3, 0.4) is 0 Å². The van der Waals surface area contributed by atoms with E-state index in [2.05, 4.69) is 31.7 Å². The third-order valence-corrected chi connectivity index (χ3v) is 12.9. The number of likely N-dealkylation sites (tertiary alicyclic amines) is 1. The van der Waals surface area contributed by atoms with E-state index in [1.54, 1.807) is 17.4 Å². The molecule has 0 spiro atoms. The summed E-state index contributed by atoms with van der Waals surface area (Å²) in [7, 11) is 0. The van der Waals surface area contributed by atoms with Crippen molar-refractivity contribution in [1.29, 1.82) is 0 Å². The van der Waals surface area contributed by atoms with Crippen LogP contribution in [-0.4, -0.2) is 83.0 Å². The number of carbonyl (C=O) groups is 4. The molecule has 1 aliphatic rings. The van der Waals surface area contributed by atoms with Gasteiger partial charge in [0.2, 0.25) is 17.7 Å². The van der Waals surface area contributed by atoms with Crippen LogP contribution in [0.25, 0.3) is 10.4 Å². The van der Waals surface area contributed by atoms with Gasteiger partial charge in [0.1, 0.15) is 17.9 Å². The molecule has 4 aromatic rings. The number of rotatable bonds is 24. The number of aromatic nitrogens is 1. The van der Waals surface area contributed by atoms with Crippen molar-refractivity contribution in [1.82, 2.24) is 31.3 Å². The number of unbranched alkanes of at least 4 members (excludes halogenated alkanes) is 6. The molecule has 66 heavy (non-hydrogen) atoms. The normalized spacial score (nSPS) is 15.4. The summed E-state index contributed by atoms with van der Waals surface area (Å²) in [5.74, 6) is -4.95. The van der Waals surface area contributed by atoms with Crippen molar-refractivity contribution in [3.05, 3.63) is 98.0 Å². The minimum absolute atomic E-state index is 0.0152. The Balaban J connectivity index is 0.914. The van der Waals surface area contributed by atoms with Crippen LogP contribution < -0.4 is 26.7 Å². The summed E-state index contributed by atoms with van der Waals surface area (Å²) in [6, 6.07) is 12.2. The summed E-state index contributed by atoms with van der Waals surface area (Å²) in [5, 5.41) is 22.2. The fourth-order valence-corrected chi connectivity index (χ4v) is 8.85. The highest BCUT2D eigenvalue weighted by Gasteiger charge is 2.44. The van der Waals surface area contributed by atoms with Gasteiger partial charge in [-0.2, -0.15) is 0 Å². The molecule has 0 aliphatic carbocycles. The smallest absolute Gasteiger partial charge is 0.277 e. The summed E-state index contributed by atoms with van der Waals surface area (Å²) in [6.07, 6.45) is 6.79. The first kappa shape index (κ1) is 52.3. The van der Waals surface area contributed by atoms with Crippen molar-refractivity contribution >= 4 is 68.9 Å². The van der Waals surface area contributed by atoms with Crippen molar-refractivity contribution < 1.29 is 42.3 Å². The minimum atomic E-state index is -1.32. The molecule has 13 nitrogen and oxygen atoms in total. The summed E-state index contributed by atoms with van der Waals surface area (Å²) in [4.78, 5) is 65.3. The van der Waals surface area contributed by atoms with Gasteiger partial charge in [-0.25, -0.2) is 23.6 Å². The Morgan fingerprint density at radius 1 is 0.924 bits per heavy atom. The highest BCUT2D eigenvalue weighted by molar-refractivity contribution is 14.1. The largest absolute Gasteiger partial charge is 0.391 e. The molecule has 6 N–H and O–H groups in total. The molecule has 0 saturated carbocycles. The third kappa shape index (κ3) is 15.5. The van der Waals surface area contributed by atoms with E-state index in [4.69, 9.17) is 4.84 Å². The van der Waals surface area contributed by atoms with Gasteiger partial charge in [0, 0.05) is 29.5 Å². The van der Waals surface area contributed by atoms with Crippen LogP contribution in [0.4, 0.5) is 24.5 Å². The van der Waals surface area contributed by atoms with Crippen LogP contribution in [-0.2, 0) is 25.8 Å². The van der Waals surface area contributed by atoms with Gasteiger partial charge in [-0.3, -0.25) is 24.0 Å². The Kier molecular flexibility index (Phi) is 20.2. The fraction of sp³-hybridized carbons (Fsp3) is 0.479. The number of carbonyl (C=O) groups excluding carboxylic acids is 4. The van der Waals surface area contributed by atoms with E-state index in [1.807, 2.05) is 80.1 Å². The Hall–Kier alpha value is -4.63. The van der Waals surface area contributed by atoms with Gasteiger partial charge < -0.3 is 31.3 Å². The number of aliphatic hydroxyl groups excluding tert-OH is 1. The summed E-state index contributed by atoms with van der Waals surface area (Å²) >= 11 is 3.49. The molecule has 358 valence electrons. The van der Waals surface area contributed by atoms with Crippen molar-refractivity contribution in [3.8, 4) is 10.4 Å². The maximum absolute atomic E-state index is 14.7. The Bertz CT molecular complexity index is 2260. The lowest BCUT2D eigenvalue weighted by molar-refractivity contribution is -0.144. The molecule has 0 bridgehead atoms. The predicted molar refractivity (Wildman–Crippen MR) is 258 cm³/mol. The van der Waals surface area contributed by atoms with E-state index >= 15 is 0 Å². The van der Waals surface area contributed by atoms with E-state index in [0.29, 0.717) is 23.0 Å². The topological polar surface area (TPSA) is 174 Å². The number of amides is 4. The van der Waals surface area contributed by atoms with Crippen LogP contribution in [0.15, 0.2) is 60.1 Å². The Morgan fingerprint density at radius 3 is 2.30 bits per heavy atom. The van der Waals surface area contributed by atoms with Crippen molar-refractivity contribution in [2.24, 2.45) is 5.41 Å². The van der Waals surface area contributed by atoms with Gasteiger partial charge in [0.15, 0.2) is 11.6 Å². The van der Waals surface area contributed by atoms with Crippen LogP contribution >= 0.6 is 33.9 Å². The molecule has 1 saturated heterocycles. The zero-order valence-electron chi connectivity index (χ0n) is 37.9. The first-order chi connectivity index (χ1) is 31.5. The number of aryl methyl sites for hydroxylation is 1. The number of benzene rings is 3. The SMILES string of the molecule is Cc1ncsc1-c1ccc(CNC(=O)C2CC(O)CN2C(=O)C(NC(=O)CCCCCCCCCNCCCONC(=O)c2ccc(F)c(F)c2Nc2ccc(I)cc2F)C(C)(C)C)cc1. The second-order valence-corrected chi connectivity index (χ2v) is 19.7. The standard InChI is InChI=1S/C48H61F3IN7O6S/c1-30-43(66-29-55-30)32-16-14-31(15-17-32)27-54-46(63)39-26-34(60)28-59(39)47(64)44(48(2,3)4)57-40(61)13-10-8-6-5-7-9-11-22-53-23-12-24-65-58-45(62)35-19-20-36(49)41(51)42(35)56-38-21-18-33(52)25-37(38)50/h14-21,25,29,34,39,44,53,56,60H,5-13,22-24,26-28H2,1-4H3,(H,54,63)(H,57,61)(H,58,62). The summed E-state index contributed by atoms with van der Waals surface area (Å²) in [5.41, 5.74) is 5.47.